The molecule has 1 aromatic rings. The number of anilines is 1. The number of esters is 1. The maximum atomic E-state index is 11.6. The minimum absolute atomic E-state index is 0.176. The van der Waals surface area contributed by atoms with Gasteiger partial charge in [-0.2, -0.15) is 0 Å². The Kier molecular flexibility index (Phi) is 6.49. The molecule has 6 heteroatoms. The Morgan fingerprint density at radius 3 is 2.61 bits per heavy atom. The summed E-state index contributed by atoms with van der Waals surface area (Å²) in [5, 5.41) is 0.401. The van der Waals surface area contributed by atoms with Crippen molar-refractivity contribution in [2.45, 2.75) is 0 Å². The average molecular weight is 274 g/mol. The Balaban J connectivity index is 2.32. The number of carbonyl (C=O) groups excluding carboxylic acids is 1. The molecule has 1 aromatic carbocycles. The highest BCUT2D eigenvalue weighted by Crippen LogP contribution is 2.17. The van der Waals surface area contributed by atoms with Crippen molar-refractivity contribution in [1.29, 1.82) is 0 Å². The van der Waals surface area contributed by atoms with E-state index >= 15 is 0 Å². The summed E-state index contributed by atoms with van der Waals surface area (Å²) in [4.78, 5) is 11.6. The van der Waals surface area contributed by atoms with E-state index in [1.807, 2.05) is 0 Å². The Hall–Kier alpha value is -1.30. The summed E-state index contributed by atoms with van der Waals surface area (Å²) < 4.78 is 15.0. The van der Waals surface area contributed by atoms with Crippen LogP contribution in [0.5, 0.6) is 0 Å². The Labute approximate surface area is 111 Å². The van der Waals surface area contributed by atoms with Crippen LogP contribution in [-0.4, -0.2) is 39.5 Å². The highest BCUT2D eigenvalue weighted by molar-refractivity contribution is 6.31. The maximum Gasteiger partial charge on any atom is 0.338 e. The van der Waals surface area contributed by atoms with E-state index in [0.717, 1.165) is 0 Å². The summed E-state index contributed by atoms with van der Waals surface area (Å²) in [5.74, 6) is -0.473. The number of halogens is 1. The fourth-order valence-electron chi connectivity index (χ4n) is 1.25. The molecule has 0 bridgehead atoms. The number of nitrogen functional groups attached to an aromatic ring is 1. The van der Waals surface area contributed by atoms with Crippen molar-refractivity contribution in [3.05, 3.63) is 28.8 Å². The summed E-state index contributed by atoms with van der Waals surface area (Å²) in [5.41, 5.74) is 6.33. The van der Waals surface area contributed by atoms with Gasteiger partial charge in [-0.3, -0.25) is 0 Å². The van der Waals surface area contributed by atoms with Crippen molar-refractivity contribution >= 4 is 23.3 Å². The van der Waals surface area contributed by atoms with Crippen LogP contribution in [0.1, 0.15) is 10.4 Å². The molecule has 1 rings (SSSR count). The molecule has 0 amide bonds. The molecule has 0 radical (unpaired) electrons. The lowest BCUT2D eigenvalue weighted by atomic mass is 10.2. The number of hydrogen-bond acceptors (Lipinski definition) is 5. The molecule has 5 nitrogen and oxygen atoms in total. The lowest BCUT2D eigenvalue weighted by molar-refractivity contribution is 0.0214. The number of hydrogen-bond donors (Lipinski definition) is 1. The van der Waals surface area contributed by atoms with Gasteiger partial charge in [-0.05, 0) is 18.2 Å². The second-order valence-corrected chi connectivity index (χ2v) is 3.95. The van der Waals surface area contributed by atoms with E-state index in [4.69, 9.17) is 31.5 Å². The first-order chi connectivity index (χ1) is 8.63. The third-order valence-electron chi connectivity index (χ3n) is 2.05. The molecular weight excluding hydrogens is 258 g/mol. The smallest absolute Gasteiger partial charge is 0.338 e. The van der Waals surface area contributed by atoms with Gasteiger partial charge in [0.25, 0.3) is 0 Å². The predicted octanol–water partition coefficient (Wildman–Crippen LogP) is 1.74. The predicted molar refractivity (Wildman–Crippen MR) is 68.8 cm³/mol. The van der Waals surface area contributed by atoms with Crippen molar-refractivity contribution in [2.24, 2.45) is 0 Å². The Bertz CT molecular complexity index is 377. The highest BCUT2D eigenvalue weighted by Gasteiger charge is 2.08. The number of carbonyl (C=O) groups is 1. The van der Waals surface area contributed by atoms with Crippen LogP contribution in [0.3, 0.4) is 0 Å². The molecule has 0 aliphatic rings. The quantitative estimate of drug-likeness (QED) is 0.465. The molecule has 0 spiro atoms. The van der Waals surface area contributed by atoms with Crippen molar-refractivity contribution in [3.63, 3.8) is 0 Å². The van der Waals surface area contributed by atoms with Gasteiger partial charge in [0.2, 0.25) is 0 Å². The number of nitrogens with two attached hydrogens (primary N) is 1. The molecule has 0 saturated carbocycles. The van der Waals surface area contributed by atoms with Gasteiger partial charge >= 0.3 is 5.97 Å². The highest BCUT2D eigenvalue weighted by atomic mass is 35.5. The summed E-state index contributed by atoms with van der Waals surface area (Å²) >= 11 is 5.79. The maximum absolute atomic E-state index is 11.6. The molecule has 0 atom stereocenters. The normalized spacial score (nSPS) is 10.3. The van der Waals surface area contributed by atoms with E-state index in [1.54, 1.807) is 13.2 Å². The standard InChI is InChI=1S/C12H16ClNO4/c1-16-2-3-17-4-5-18-12(15)9-6-10(13)8-11(14)7-9/h6-8H,2-5,14H2,1H3. The third kappa shape index (κ3) is 5.35. The Morgan fingerprint density at radius 1 is 1.22 bits per heavy atom. The lowest BCUT2D eigenvalue weighted by Crippen LogP contribution is -2.12. The van der Waals surface area contributed by atoms with E-state index in [2.05, 4.69) is 0 Å². The largest absolute Gasteiger partial charge is 0.460 e. The zero-order valence-electron chi connectivity index (χ0n) is 10.1. The van der Waals surface area contributed by atoms with Gasteiger partial charge in [0.15, 0.2) is 0 Å². The van der Waals surface area contributed by atoms with Crippen molar-refractivity contribution in [1.82, 2.24) is 0 Å². The van der Waals surface area contributed by atoms with Crippen LogP contribution in [-0.2, 0) is 14.2 Å². The van der Waals surface area contributed by atoms with Crippen LogP contribution in [0.15, 0.2) is 18.2 Å². The van der Waals surface area contributed by atoms with E-state index in [9.17, 15) is 4.79 Å². The van der Waals surface area contributed by atoms with Crippen molar-refractivity contribution in [3.8, 4) is 0 Å². The number of methoxy groups -OCH3 is 1. The lowest BCUT2D eigenvalue weighted by Gasteiger charge is -2.06. The molecule has 0 aliphatic heterocycles. The zero-order valence-corrected chi connectivity index (χ0v) is 10.9. The van der Waals surface area contributed by atoms with Gasteiger partial charge in [-0.15, -0.1) is 0 Å². The van der Waals surface area contributed by atoms with Crippen LogP contribution in [0.4, 0.5) is 5.69 Å². The molecule has 0 fully saturated rings. The average Bonchev–Trinajstić information content (AvgIpc) is 2.32. The SMILES string of the molecule is COCCOCCOC(=O)c1cc(N)cc(Cl)c1. The van der Waals surface area contributed by atoms with Gasteiger partial charge in [-0.25, -0.2) is 4.79 Å². The summed E-state index contributed by atoms with van der Waals surface area (Å²) in [6.07, 6.45) is 0. The van der Waals surface area contributed by atoms with Crippen LogP contribution >= 0.6 is 11.6 Å². The zero-order chi connectivity index (χ0) is 13.4. The molecule has 2 N–H and O–H groups in total. The van der Waals surface area contributed by atoms with Gasteiger partial charge in [0, 0.05) is 17.8 Å². The topological polar surface area (TPSA) is 70.8 Å². The first-order valence-electron chi connectivity index (χ1n) is 5.43. The minimum atomic E-state index is -0.473. The summed E-state index contributed by atoms with van der Waals surface area (Å²) in [7, 11) is 1.59. The molecule has 0 aromatic heterocycles. The van der Waals surface area contributed by atoms with Crippen LogP contribution in [0.2, 0.25) is 5.02 Å². The second-order valence-electron chi connectivity index (χ2n) is 3.51. The van der Waals surface area contributed by atoms with Crippen LogP contribution in [0, 0.1) is 0 Å². The van der Waals surface area contributed by atoms with E-state index in [-0.39, 0.29) is 6.61 Å². The van der Waals surface area contributed by atoms with Gasteiger partial charge < -0.3 is 19.9 Å². The molecule has 0 unspecified atom stereocenters. The van der Waals surface area contributed by atoms with Crippen molar-refractivity contribution in [2.75, 3.05) is 39.3 Å². The van der Waals surface area contributed by atoms with Crippen LogP contribution in [0.25, 0.3) is 0 Å². The molecular formula is C12H16ClNO4. The molecule has 100 valence electrons. The van der Waals surface area contributed by atoms with Gasteiger partial charge in [-0.1, -0.05) is 11.6 Å². The molecule has 0 saturated heterocycles. The van der Waals surface area contributed by atoms with E-state index in [1.165, 1.54) is 12.1 Å². The van der Waals surface area contributed by atoms with E-state index in [0.29, 0.717) is 36.1 Å². The third-order valence-corrected chi connectivity index (χ3v) is 2.27. The fourth-order valence-corrected chi connectivity index (χ4v) is 1.49. The first kappa shape index (κ1) is 14.8. The van der Waals surface area contributed by atoms with Crippen LogP contribution < -0.4 is 5.73 Å². The number of rotatable bonds is 7. The van der Waals surface area contributed by atoms with Crippen molar-refractivity contribution < 1.29 is 19.0 Å². The van der Waals surface area contributed by atoms with Gasteiger partial charge in [0.1, 0.15) is 6.61 Å². The molecule has 0 heterocycles. The second kappa shape index (κ2) is 7.92. The monoisotopic (exact) mass is 273 g/mol. The first-order valence-corrected chi connectivity index (χ1v) is 5.81. The number of ether oxygens (including phenoxy) is 3. The fraction of sp³-hybridized carbons (Fsp3) is 0.417. The van der Waals surface area contributed by atoms with Gasteiger partial charge in [0.05, 0.1) is 25.4 Å². The summed E-state index contributed by atoms with van der Waals surface area (Å²) in [6.45, 7) is 1.48. The minimum Gasteiger partial charge on any atom is -0.460 e. The molecule has 18 heavy (non-hydrogen) atoms. The summed E-state index contributed by atoms with van der Waals surface area (Å²) in [6, 6.07) is 4.58. The van der Waals surface area contributed by atoms with E-state index < -0.39 is 5.97 Å². The number of benzene rings is 1. The molecule has 0 aliphatic carbocycles. The Morgan fingerprint density at radius 2 is 1.94 bits per heavy atom.